The lowest BCUT2D eigenvalue weighted by Crippen LogP contribution is -2.48. The monoisotopic (exact) mass is 455 g/mol. The van der Waals surface area contributed by atoms with Crippen molar-refractivity contribution in [2.45, 2.75) is 43.9 Å². The maximum atomic E-state index is 13.0. The lowest BCUT2D eigenvalue weighted by atomic mass is 10.1. The van der Waals surface area contributed by atoms with E-state index in [0.29, 0.717) is 25.3 Å². The van der Waals surface area contributed by atoms with Crippen molar-refractivity contribution in [1.82, 2.24) is 9.62 Å². The molecule has 0 radical (unpaired) electrons. The van der Waals surface area contributed by atoms with Crippen LogP contribution in [0.3, 0.4) is 0 Å². The SMILES string of the molecule is CC(C)(C)NCc1ccc(S(=O)(=O)N2CCN(c3cccc(C(F)(F)F)c3)CC2)cc1. The summed E-state index contributed by atoms with van der Waals surface area (Å²) in [5.41, 5.74) is 0.691. The predicted octanol–water partition coefficient (Wildman–Crippen LogP) is 4.10. The van der Waals surface area contributed by atoms with Crippen molar-refractivity contribution in [2.75, 3.05) is 31.1 Å². The van der Waals surface area contributed by atoms with Crippen LogP contribution >= 0.6 is 0 Å². The molecular formula is C22H28F3N3O2S. The van der Waals surface area contributed by atoms with Crippen LogP contribution < -0.4 is 10.2 Å². The van der Waals surface area contributed by atoms with Crippen LogP contribution in [-0.4, -0.2) is 44.4 Å². The van der Waals surface area contributed by atoms with Crippen molar-refractivity contribution in [3.63, 3.8) is 0 Å². The molecule has 31 heavy (non-hydrogen) atoms. The highest BCUT2D eigenvalue weighted by Gasteiger charge is 2.32. The van der Waals surface area contributed by atoms with E-state index < -0.39 is 21.8 Å². The molecule has 9 heteroatoms. The van der Waals surface area contributed by atoms with Gasteiger partial charge in [-0.15, -0.1) is 0 Å². The molecule has 2 aromatic rings. The second-order valence-electron chi connectivity index (χ2n) is 8.69. The number of nitrogens with one attached hydrogen (secondary N) is 1. The molecule has 0 atom stereocenters. The average Bonchev–Trinajstić information content (AvgIpc) is 2.72. The summed E-state index contributed by atoms with van der Waals surface area (Å²) in [6.45, 7) is 7.90. The summed E-state index contributed by atoms with van der Waals surface area (Å²) < 4.78 is 66.3. The molecule has 3 rings (SSSR count). The molecule has 0 saturated carbocycles. The van der Waals surface area contributed by atoms with Gasteiger partial charge < -0.3 is 10.2 Å². The lowest BCUT2D eigenvalue weighted by molar-refractivity contribution is -0.137. The smallest absolute Gasteiger partial charge is 0.369 e. The second kappa shape index (κ2) is 8.80. The topological polar surface area (TPSA) is 52.7 Å². The van der Waals surface area contributed by atoms with Crippen LogP contribution in [0.25, 0.3) is 0 Å². The molecule has 1 heterocycles. The first-order chi connectivity index (χ1) is 14.4. The fourth-order valence-electron chi connectivity index (χ4n) is 3.36. The Morgan fingerprint density at radius 2 is 1.55 bits per heavy atom. The van der Waals surface area contributed by atoms with Crippen LogP contribution in [0.5, 0.6) is 0 Å². The summed E-state index contributed by atoms with van der Waals surface area (Å²) in [5, 5.41) is 3.36. The van der Waals surface area contributed by atoms with E-state index in [4.69, 9.17) is 0 Å². The van der Waals surface area contributed by atoms with Gasteiger partial charge in [-0.3, -0.25) is 0 Å². The largest absolute Gasteiger partial charge is 0.416 e. The van der Waals surface area contributed by atoms with Crippen molar-refractivity contribution < 1.29 is 21.6 Å². The number of halogens is 3. The zero-order chi connectivity index (χ0) is 22.9. The number of hydrogen-bond acceptors (Lipinski definition) is 4. The summed E-state index contributed by atoms with van der Waals surface area (Å²) in [6.07, 6.45) is -4.41. The first kappa shape index (κ1) is 23.6. The van der Waals surface area contributed by atoms with Gasteiger partial charge >= 0.3 is 6.18 Å². The molecule has 1 aliphatic heterocycles. The summed E-state index contributed by atoms with van der Waals surface area (Å²) in [7, 11) is -3.65. The van der Waals surface area contributed by atoms with Gasteiger partial charge in [-0.05, 0) is 56.7 Å². The Morgan fingerprint density at radius 1 is 0.935 bits per heavy atom. The van der Waals surface area contributed by atoms with Crippen LogP contribution in [0.4, 0.5) is 18.9 Å². The lowest BCUT2D eigenvalue weighted by Gasteiger charge is -2.35. The molecular weight excluding hydrogens is 427 g/mol. The summed E-state index contributed by atoms with van der Waals surface area (Å²) in [4.78, 5) is 2.00. The molecule has 0 amide bonds. The van der Waals surface area contributed by atoms with Gasteiger partial charge in [-0.2, -0.15) is 17.5 Å². The zero-order valence-corrected chi connectivity index (χ0v) is 18.7. The third-order valence-electron chi connectivity index (χ3n) is 5.16. The van der Waals surface area contributed by atoms with Gasteiger partial charge in [0, 0.05) is 44.0 Å². The van der Waals surface area contributed by atoms with Gasteiger partial charge in [0.05, 0.1) is 10.5 Å². The van der Waals surface area contributed by atoms with E-state index in [1.165, 1.54) is 10.4 Å². The molecule has 0 bridgehead atoms. The van der Waals surface area contributed by atoms with E-state index in [-0.39, 0.29) is 23.5 Å². The minimum absolute atomic E-state index is 0.0377. The van der Waals surface area contributed by atoms with Crippen LogP contribution in [0.15, 0.2) is 53.4 Å². The molecule has 2 aromatic carbocycles. The molecule has 5 nitrogen and oxygen atoms in total. The number of alkyl halides is 3. The Hall–Kier alpha value is -2.10. The average molecular weight is 456 g/mol. The summed E-state index contributed by atoms with van der Waals surface area (Å²) in [6, 6.07) is 11.9. The maximum Gasteiger partial charge on any atom is 0.416 e. The summed E-state index contributed by atoms with van der Waals surface area (Å²) >= 11 is 0. The van der Waals surface area contributed by atoms with E-state index in [9.17, 15) is 21.6 Å². The Labute approximate surface area is 181 Å². The van der Waals surface area contributed by atoms with Crippen molar-refractivity contribution in [3.05, 3.63) is 59.7 Å². The fraction of sp³-hybridized carbons (Fsp3) is 0.455. The third kappa shape index (κ3) is 5.99. The highest BCUT2D eigenvalue weighted by molar-refractivity contribution is 7.89. The molecule has 1 aliphatic rings. The highest BCUT2D eigenvalue weighted by atomic mass is 32.2. The fourth-order valence-corrected chi connectivity index (χ4v) is 4.78. The first-order valence-corrected chi connectivity index (χ1v) is 11.6. The standard InChI is InChI=1S/C22H28F3N3O2S/c1-21(2,3)26-16-17-7-9-20(10-8-17)31(29,30)28-13-11-27(12-14-28)19-6-4-5-18(15-19)22(23,24)25/h4-10,15,26H,11-14,16H2,1-3H3. The van der Waals surface area contributed by atoms with Crippen LogP contribution in [0, 0.1) is 0 Å². The number of rotatable bonds is 5. The molecule has 170 valence electrons. The van der Waals surface area contributed by atoms with Crippen molar-refractivity contribution in [3.8, 4) is 0 Å². The van der Waals surface area contributed by atoms with Gasteiger partial charge in [-0.1, -0.05) is 18.2 Å². The Morgan fingerprint density at radius 3 is 2.10 bits per heavy atom. The summed E-state index contributed by atoms with van der Waals surface area (Å²) in [5.74, 6) is 0. The third-order valence-corrected chi connectivity index (χ3v) is 7.07. The molecule has 1 N–H and O–H groups in total. The number of nitrogens with zero attached hydrogens (tertiary/aromatic N) is 2. The van der Waals surface area contributed by atoms with Crippen LogP contribution in [0.1, 0.15) is 31.9 Å². The zero-order valence-electron chi connectivity index (χ0n) is 17.9. The molecule has 0 spiro atoms. The maximum absolute atomic E-state index is 13.0. The van der Waals surface area contributed by atoms with Crippen molar-refractivity contribution in [2.24, 2.45) is 0 Å². The number of hydrogen-bond donors (Lipinski definition) is 1. The number of benzene rings is 2. The quantitative estimate of drug-likeness (QED) is 0.738. The second-order valence-corrected chi connectivity index (χ2v) is 10.6. The van der Waals surface area contributed by atoms with E-state index in [1.54, 1.807) is 35.2 Å². The molecule has 0 unspecified atom stereocenters. The molecule has 1 fully saturated rings. The van der Waals surface area contributed by atoms with E-state index in [0.717, 1.165) is 17.7 Å². The Bertz CT molecular complexity index is 992. The van der Waals surface area contributed by atoms with Crippen molar-refractivity contribution >= 4 is 15.7 Å². The van der Waals surface area contributed by atoms with Gasteiger partial charge in [-0.25, -0.2) is 8.42 Å². The van der Waals surface area contributed by atoms with E-state index >= 15 is 0 Å². The van der Waals surface area contributed by atoms with Crippen LogP contribution in [0.2, 0.25) is 0 Å². The first-order valence-electron chi connectivity index (χ1n) is 10.1. The van der Waals surface area contributed by atoms with E-state index in [2.05, 4.69) is 26.1 Å². The van der Waals surface area contributed by atoms with Crippen LogP contribution in [-0.2, 0) is 22.7 Å². The number of piperazine rings is 1. The molecule has 0 aromatic heterocycles. The normalized spacial score (nSPS) is 16.5. The Kier molecular flexibility index (Phi) is 6.69. The predicted molar refractivity (Wildman–Crippen MR) is 115 cm³/mol. The minimum atomic E-state index is -4.41. The van der Waals surface area contributed by atoms with Gasteiger partial charge in [0.25, 0.3) is 0 Å². The number of anilines is 1. The number of sulfonamides is 1. The minimum Gasteiger partial charge on any atom is -0.369 e. The van der Waals surface area contributed by atoms with Crippen molar-refractivity contribution in [1.29, 1.82) is 0 Å². The molecule has 1 saturated heterocycles. The van der Waals surface area contributed by atoms with E-state index in [1.807, 2.05) is 0 Å². The van der Waals surface area contributed by atoms with Gasteiger partial charge in [0.2, 0.25) is 10.0 Å². The van der Waals surface area contributed by atoms with Gasteiger partial charge in [0.15, 0.2) is 0 Å². The molecule has 0 aliphatic carbocycles. The Balaban J connectivity index is 1.65. The van der Waals surface area contributed by atoms with Gasteiger partial charge in [0.1, 0.15) is 0 Å². The highest BCUT2D eigenvalue weighted by Crippen LogP contribution is 2.32.